The van der Waals surface area contributed by atoms with E-state index in [2.05, 4.69) is 38.2 Å². The van der Waals surface area contributed by atoms with Crippen molar-refractivity contribution in [2.75, 3.05) is 13.2 Å². The van der Waals surface area contributed by atoms with Gasteiger partial charge in [0.05, 0.1) is 6.61 Å². The van der Waals surface area contributed by atoms with Crippen molar-refractivity contribution in [3.05, 3.63) is 21.9 Å². The van der Waals surface area contributed by atoms with Crippen molar-refractivity contribution < 1.29 is 4.74 Å². The lowest BCUT2D eigenvalue weighted by atomic mass is 10.0. The zero-order valence-electron chi connectivity index (χ0n) is 12.7. The molecule has 0 aromatic carbocycles. The van der Waals surface area contributed by atoms with Crippen LogP contribution in [0.15, 0.2) is 12.1 Å². The molecule has 0 spiro atoms. The van der Waals surface area contributed by atoms with Crippen LogP contribution in [0.1, 0.15) is 56.2 Å². The van der Waals surface area contributed by atoms with Crippen molar-refractivity contribution in [2.24, 2.45) is 5.92 Å². The quantitative estimate of drug-likeness (QED) is 0.641. The van der Waals surface area contributed by atoms with Crippen LogP contribution in [0.5, 0.6) is 0 Å². The molecule has 110 valence electrons. The van der Waals surface area contributed by atoms with Gasteiger partial charge in [0.2, 0.25) is 0 Å². The van der Waals surface area contributed by atoms with Crippen LogP contribution in [0.25, 0.3) is 0 Å². The fourth-order valence-corrected chi connectivity index (χ4v) is 2.99. The van der Waals surface area contributed by atoms with E-state index in [-0.39, 0.29) is 0 Å². The Morgan fingerprint density at radius 1 is 1.21 bits per heavy atom. The summed E-state index contributed by atoms with van der Waals surface area (Å²) in [7, 11) is 0. The normalized spacial score (nSPS) is 12.8. The summed E-state index contributed by atoms with van der Waals surface area (Å²) in [5, 5.41) is 3.35. The lowest BCUT2D eigenvalue weighted by molar-refractivity contribution is 0.0836. The summed E-state index contributed by atoms with van der Waals surface area (Å²) in [6, 6.07) is 4.41. The average Bonchev–Trinajstić information content (AvgIpc) is 2.88. The first-order chi connectivity index (χ1) is 9.30. The summed E-state index contributed by atoms with van der Waals surface area (Å²) >= 11 is 1.86. The summed E-state index contributed by atoms with van der Waals surface area (Å²) in [6.45, 7) is 10.4. The fourth-order valence-electron chi connectivity index (χ4n) is 2.07. The first-order valence-corrected chi connectivity index (χ1v) is 8.47. The van der Waals surface area contributed by atoms with E-state index in [0.29, 0.717) is 0 Å². The minimum Gasteiger partial charge on any atom is -0.376 e. The Balaban J connectivity index is 2.22. The molecule has 0 aliphatic heterocycles. The lowest BCUT2D eigenvalue weighted by Gasteiger charge is -2.14. The molecule has 3 heteroatoms. The average molecular weight is 283 g/mol. The maximum absolute atomic E-state index is 5.88. The smallest absolute Gasteiger partial charge is 0.0809 e. The molecule has 0 fully saturated rings. The van der Waals surface area contributed by atoms with Gasteiger partial charge in [0.15, 0.2) is 0 Å². The summed E-state index contributed by atoms with van der Waals surface area (Å²) in [4.78, 5) is 2.75. The molecule has 0 radical (unpaired) electrons. The summed E-state index contributed by atoms with van der Waals surface area (Å²) in [5.74, 6) is 0.737. The van der Waals surface area contributed by atoms with Gasteiger partial charge in [-0.3, -0.25) is 0 Å². The molecule has 19 heavy (non-hydrogen) atoms. The van der Waals surface area contributed by atoms with Crippen molar-refractivity contribution in [1.82, 2.24) is 5.32 Å². The van der Waals surface area contributed by atoms with Crippen LogP contribution in [0, 0.1) is 5.92 Å². The molecule has 0 amide bonds. The molecule has 1 heterocycles. The van der Waals surface area contributed by atoms with E-state index >= 15 is 0 Å². The van der Waals surface area contributed by atoms with Crippen molar-refractivity contribution in [2.45, 2.75) is 59.6 Å². The molecule has 1 N–H and O–H groups in total. The molecule has 1 rings (SSSR count). The zero-order valence-corrected chi connectivity index (χ0v) is 13.5. The Labute approximate surface area is 122 Å². The van der Waals surface area contributed by atoms with Crippen molar-refractivity contribution in [3.63, 3.8) is 0 Å². The molecular weight excluding hydrogens is 254 g/mol. The second-order valence-corrected chi connectivity index (χ2v) is 6.33. The number of hydrogen-bond acceptors (Lipinski definition) is 3. The van der Waals surface area contributed by atoms with E-state index < -0.39 is 0 Å². The standard InChI is InChI=1S/C16H29NOS/c1-4-7-8-14(5-2)12-18-13-16-10-9-15(19-16)11-17-6-3/h9-10,14,17H,4-8,11-13H2,1-3H3. The zero-order chi connectivity index (χ0) is 13.9. The second-order valence-electron chi connectivity index (χ2n) is 5.08. The number of thiophene rings is 1. The third-order valence-electron chi connectivity index (χ3n) is 3.41. The third kappa shape index (κ3) is 7.09. The van der Waals surface area contributed by atoms with E-state index in [4.69, 9.17) is 4.74 Å². The van der Waals surface area contributed by atoms with Gasteiger partial charge in [-0.05, 0) is 31.0 Å². The van der Waals surface area contributed by atoms with Gasteiger partial charge in [-0.2, -0.15) is 0 Å². The van der Waals surface area contributed by atoms with Crippen molar-refractivity contribution in [3.8, 4) is 0 Å². The third-order valence-corrected chi connectivity index (χ3v) is 4.47. The van der Waals surface area contributed by atoms with Crippen LogP contribution in [-0.4, -0.2) is 13.2 Å². The highest BCUT2D eigenvalue weighted by atomic mass is 32.1. The Kier molecular flexibility index (Phi) is 9.14. The maximum atomic E-state index is 5.88. The van der Waals surface area contributed by atoms with Crippen LogP contribution in [0.3, 0.4) is 0 Å². The van der Waals surface area contributed by atoms with Crippen LogP contribution in [0.2, 0.25) is 0 Å². The highest BCUT2D eigenvalue weighted by molar-refractivity contribution is 7.11. The highest BCUT2D eigenvalue weighted by Crippen LogP contribution is 2.19. The number of ether oxygens (including phenoxy) is 1. The topological polar surface area (TPSA) is 21.3 Å². The lowest BCUT2D eigenvalue weighted by Crippen LogP contribution is -2.10. The molecule has 1 unspecified atom stereocenters. The second kappa shape index (κ2) is 10.4. The molecule has 1 aromatic heterocycles. The SMILES string of the molecule is CCCCC(CC)COCc1ccc(CNCC)s1. The first-order valence-electron chi connectivity index (χ1n) is 7.66. The fraction of sp³-hybridized carbons (Fsp3) is 0.750. The minimum absolute atomic E-state index is 0.737. The molecule has 0 aliphatic carbocycles. The highest BCUT2D eigenvalue weighted by Gasteiger charge is 2.06. The summed E-state index contributed by atoms with van der Waals surface area (Å²) in [6.07, 6.45) is 5.15. The van der Waals surface area contributed by atoms with Crippen molar-refractivity contribution in [1.29, 1.82) is 0 Å². The molecule has 0 bridgehead atoms. The Hall–Kier alpha value is -0.380. The largest absolute Gasteiger partial charge is 0.376 e. The molecule has 0 aliphatic rings. The van der Waals surface area contributed by atoms with Gasteiger partial charge in [0.25, 0.3) is 0 Å². The van der Waals surface area contributed by atoms with Gasteiger partial charge < -0.3 is 10.1 Å². The predicted octanol–water partition coefficient (Wildman–Crippen LogP) is 4.59. The van der Waals surface area contributed by atoms with Gasteiger partial charge in [0.1, 0.15) is 0 Å². The van der Waals surface area contributed by atoms with Gasteiger partial charge in [0, 0.05) is 22.9 Å². The molecule has 0 saturated heterocycles. The summed E-state index contributed by atoms with van der Waals surface area (Å²) < 4.78 is 5.88. The van der Waals surface area contributed by atoms with Crippen LogP contribution < -0.4 is 5.32 Å². The monoisotopic (exact) mass is 283 g/mol. The molecule has 2 nitrogen and oxygen atoms in total. The Morgan fingerprint density at radius 3 is 2.68 bits per heavy atom. The number of rotatable bonds is 11. The van der Waals surface area contributed by atoms with Gasteiger partial charge in [-0.1, -0.05) is 40.0 Å². The van der Waals surface area contributed by atoms with E-state index in [1.165, 1.54) is 35.4 Å². The van der Waals surface area contributed by atoms with E-state index in [1.807, 2.05) is 11.3 Å². The van der Waals surface area contributed by atoms with Gasteiger partial charge >= 0.3 is 0 Å². The molecule has 0 saturated carbocycles. The first kappa shape index (κ1) is 16.7. The van der Waals surface area contributed by atoms with Crippen LogP contribution in [-0.2, 0) is 17.9 Å². The number of unbranched alkanes of at least 4 members (excludes halogenated alkanes) is 1. The van der Waals surface area contributed by atoms with E-state index in [0.717, 1.165) is 32.2 Å². The van der Waals surface area contributed by atoms with E-state index in [1.54, 1.807) is 0 Å². The van der Waals surface area contributed by atoms with Crippen molar-refractivity contribution >= 4 is 11.3 Å². The molecule has 1 aromatic rings. The predicted molar refractivity (Wildman–Crippen MR) is 84.7 cm³/mol. The molecule has 1 atom stereocenters. The van der Waals surface area contributed by atoms with E-state index in [9.17, 15) is 0 Å². The Morgan fingerprint density at radius 2 is 2.00 bits per heavy atom. The number of nitrogens with one attached hydrogen (secondary N) is 1. The molecular formula is C16H29NOS. The minimum atomic E-state index is 0.737. The van der Waals surface area contributed by atoms with Gasteiger partial charge in [-0.25, -0.2) is 0 Å². The maximum Gasteiger partial charge on any atom is 0.0809 e. The Bertz CT molecular complexity index is 324. The number of hydrogen-bond donors (Lipinski definition) is 1. The van der Waals surface area contributed by atoms with Crippen LogP contribution >= 0.6 is 11.3 Å². The van der Waals surface area contributed by atoms with Crippen LogP contribution in [0.4, 0.5) is 0 Å². The summed E-state index contributed by atoms with van der Waals surface area (Å²) in [5.41, 5.74) is 0. The van der Waals surface area contributed by atoms with Gasteiger partial charge in [-0.15, -0.1) is 11.3 Å².